The minimum Gasteiger partial charge on any atom is -0.484 e. The van der Waals surface area contributed by atoms with Gasteiger partial charge in [-0.05, 0) is 43.0 Å². The van der Waals surface area contributed by atoms with E-state index in [1.54, 1.807) is 36.2 Å². The summed E-state index contributed by atoms with van der Waals surface area (Å²) in [7, 11) is 1.78. The minimum atomic E-state index is -0.519. The molecule has 24 heavy (non-hydrogen) atoms. The van der Waals surface area contributed by atoms with Crippen LogP contribution in [0.1, 0.15) is 24.8 Å². The summed E-state index contributed by atoms with van der Waals surface area (Å²) in [6, 6.07) is 7.08. The number of rotatable bonds is 7. The number of hydrogen-bond donors (Lipinski definition) is 1. The molecule has 6 nitrogen and oxygen atoms in total. The quantitative estimate of drug-likeness (QED) is 0.769. The van der Waals surface area contributed by atoms with E-state index in [2.05, 4.69) is 0 Å². The van der Waals surface area contributed by atoms with Gasteiger partial charge in [0.2, 0.25) is 5.91 Å². The van der Waals surface area contributed by atoms with Gasteiger partial charge in [-0.2, -0.15) is 0 Å². The number of carbonyl (C=O) groups excluding carboxylic acids is 2. The second-order valence-electron chi connectivity index (χ2n) is 5.86. The normalized spacial score (nSPS) is 17.6. The number of ether oxygens (including phenoxy) is 2. The van der Waals surface area contributed by atoms with E-state index in [0.29, 0.717) is 12.3 Å². The lowest BCUT2D eigenvalue weighted by atomic mass is 10.1. The van der Waals surface area contributed by atoms with Crippen LogP contribution >= 0.6 is 0 Å². The monoisotopic (exact) mass is 332 g/mol. The summed E-state index contributed by atoms with van der Waals surface area (Å²) in [4.78, 5) is 24.5. The molecule has 1 aromatic carbocycles. The summed E-state index contributed by atoms with van der Waals surface area (Å²) in [6.45, 7) is 1.25. The number of benzene rings is 1. The predicted molar refractivity (Wildman–Crippen MR) is 91.4 cm³/mol. The van der Waals surface area contributed by atoms with Crippen molar-refractivity contribution in [2.75, 3.05) is 26.8 Å². The Morgan fingerprint density at radius 3 is 2.71 bits per heavy atom. The zero-order valence-corrected chi connectivity index (χ0v) is 13.9. The molecule has 1 aliphatic heterocycles. The van der Waals surface area contributed by atoms with Crippen molar-refractivity contribution in [2.24, 2.45) is 5.73 Å². The van der Waals surface area contributed by atoms with Gasteiger partial charge in [-0.15, -0.1) is 0 Å². The van der Waals surface area contributed by atoms with E-state index in [1.807, 2.05) is 12.1 Å². The number of nitrogens with zero attached hydrogens (tertiary/aromatic N) is 1. The third-order valence-corrected chi connectivity index (χ3v) is 3.81. The lowest BCUT2D eigenvalue weighted by Crippen LogP contribution is -2.36. The highest BCUT2D eigenvalue weighted by Gasteiger charge is 2.17. The van der Waals surface area contributed by atoms with Crippen LogP contribution in [0.2, 0.25) is 0 Å². The maximum atomic E-state index is 12.1. The molecule has 1 fully saturated rings. The second-order valence-corrected chi connectivity index (χ2v) is 5.86. The van der Waals surface area contributed by atoms with Crippen LogP contribution in [0, 0.1) is 0 Å². The Morgan fingerprint density at radius 1 is 1.33 bits per heavy atom. The highest BCUT2D eigenvalue weighted by Crippen LogP contribution is 2.15. The number of amides is 2. The Hall–Kier alpha value is -2.34. The first-order chi connectivity index (χ1) is 11.5. The molecule has 2 rings (SSSR count). The van der Waals surface area contributed by atoms with Gasteiger partial charge in [-0.1, -0.05) is 12.1 Å². The van der Waals surface area contributed by atoms with Crippen molar-refractivity contribution in [1.82, 2.24) is 4.90 Å². The molecule has 0 aromatic heterocycles. The molecule has 1 saturated heterocycles. The maximum Gasteiger partial charge on any atom is 0.255 e. The van der Waals surface area contributed by atoms with E-state index in [1.165, 1.54) is 0 Å². The number of likely N-dealkylation sites (N-methyl/N-ethyl adjacent to an activating group) is 1. The molecule has 2 amide bonds. The lowest BCUT2D eigenvalue weighted by Gasteiger charge is -2.26. The van der Waals surface area contributed by atoms with Crippen LogP contribution in [0.3, 0.4) is 0 Å². The van der Waals surface area contributed by atoms with Crippen LogP contribution in [-0.4, -0.2) is 49.6 Å². The summed E-state index contributed by atoms with van der Waals surface area (Å²) in [5.74, 6) is -0.0170. The van der Waals surface area contributed by atoms with Crippen LogP contribution in [-0.2, 0) is 14.3 Å². The number of nitrogens with two attached hydrogens (primary N) is 1. The highest BCUT2D eigenvalue weighted by atomic mass is 16.5. The Kier molecular flexibility index (Phi) is 6.81. The van der Waals surface area contributed by atoms with Crippen LogP contribution in [0.5, 0.6) is 5.75 Å². The standard InChI is InChI=1S/C18H24N2O4/c1-20(12-16-4-2-3-11-23-16)18(22)10-7-14-5-8-15(9-6-14)24-13-17(19)21/h5-10,16H,2-4,11-13H2,1H3,(H2,19,21)/b10-7-/t16-/m0/s1. The zero-order chi connectivity index (χ0) is 17.4. The average molecular weight is 332 g/mol. The number of hydrogen-bond acceptors (Lipinski definition) is 4. The topological polar surface area (TPSA) is 81.9 Å². The van der Waals surface area contributed by atoms with Crippen molar-refractivity contribution in [2.45, 2.75) is 25.4 Å². The molecule has 1 aromatic rings. The van der Waals surface area contributed by atoms with Gasteiger partial charge < -0.3 is 20.1 Å². The van der Waals surface area contributed by atoms with Crippen LogP contribution in [0.25, 0.3) is 6.08 Å². The predicted octanol–water partition coefficient (Wildman–Crippen LogP) is 1.59. The lowest BCUT2D eigenvalue weighted by molar-refractivity contribution is -0.127. The van der Waals surface area contributed by atoms with Gasteiger partial charge >= 0.3 is 0 Å². The summed E-state index contributed by atoms with van der Waals surface area (Å²) < 4.78 is 10.8. The summed E-state index contributed by atoms with van der Waals surface area (Å²) in [5, 5.41) is 0. The molecule has 2 N–H and O–H groups in total. The molecule has 0 unspecified atom stereocenters. The highest BCUT2D eigenvalue weighted by molar-refractivity contribution is 5.91. The van der Waals surface area contributed by atoms with Crippen LogP contribution in [0.15, 0.2) is 30.3 Å². The van der Waals surface area contributed by atoms with E-state index in [0.717, 1.165) is 31.4 Å². The molecule has 0 saturated carbocycles. The van der Waals surface area contributed by atoms with Gasteiger partial charge in [-0.3, -0.25) is 9.59 Å². The summed E-state index contributed by atoms with van der Waals surface area (Å²) in [5.41, 5.74) is 5.89. The Bertz CT molecular complexity index is 577. The molecule has 0 aliphatic carbocycles. The first-order valence-electron chi connectivity index (χ1n) is 8.10. The SMILES string of the molecule is CN(C[C@@H]1CCCCO1)C(=O)/C=C\c1ccc(OCC(N)=O)cc1. The van der Waals surface area contributed by atoms with E-state index in [9.17, 15) is 9.59 Å². The molecule has 1 atom stereocenters. The third kappa shape index (κ3) is 6.04. The fraction of sp³-hybridized carbons (Fsp3) is 0.444. The molecule has 0 radical (unpaired) electrons. The molecule has 130 valence electrons. The molecule has 0 bridgehead atoms. The Morgan fingerprint density at radius 2 is 2.08 bits per heavy atom. The molecular weight excluding hydrogens is 308 g/mol. The van der Waals surface area contributed by atoms with E-state index >= 15 is 0 Å². The third-order valence-electron chi connectivity index (χ3n) is 3.81. The molecule has 6 heteroatoms. The first kappa shape index (κ1) is 18.0. The van der Waals surface area contributed by atoms with Gasteiger partial charge in [0.1, 0.15) is 5.75 Å². The van der Waals surface area contributed by atoms with Crippen molar-refractivity contribution in [3.63, 3.8) is 0 Å². The van der Waals surface area contributed by atoms with Gasteiger partial charge in [0.05, 0.1) is 6.10 Å². The van der Waals surface area contributed by atoms with Gasteiger partial charge in [0.15, 0.2) is 6.61 Å². The summed E-state index contributed by atoms with van der Waals surface area (Å²) >= 11 is 0. The van der Waals surface area contributed by atoms with Gasteiger partial charge in [0, 0.05) is 26.3 Å². The van der Waals surface area contributed by atoms with Gasteiger partial charge in [-0.25, -0.2) is 0 Å². The fourth-order valence-corrected chi connectivity index (χ4v) is 2.47. The zero-order valence-electron chi connectivity index (χ0n) is 13.9. The Balaban J connectivity index is 1.82. The number of primary amides is 1. The van der Waals surface area contributed by atoms with Gasteiger partial charge in [0.25, 0.3) is 5.91 Å². The average Bonchev–Trinajstić information content (AvgIpc) is 2.59. The van der Waals surface area contributed by atoms with Crippen LogP contribution < -0.4 is 10.5 Å². The molecular formula is C18H24N2O4. The van der Waals surface area contributed by atoms with Crippen molar-refractivity contribution in [1.29, 1.82) is 0 Å². The van der Waals surface area contributed by atoms with E-state index in [-0.39, 0.29) is 18.6 Å². The minimum absolute atomic E-state index is 0.0572. The smallest absolute Gasteiger partial charge is 0.255 e. The van der Waals surface area contributed by atoms with Crippen molar-refractivity contribution in [3.05, 3.63) is 35.9 Å². The molecule has 1 aliphatic rings. The molecule has 0 spiro atoms. The maximum absolute atomic E-state index is 12.1. The Labute approximate surface area is 142 Å². The largest absolute Gasteiger partial charge is 0.484 e. The van der Waals surface area contributed by atoms with Crippen molar-refractivity contribution in [3.8, 4) is 5.75 Å². The van der Waals surface area contributed by atoms with E-state index in [4.69, 9.17) is 15.2 Å². The first-order valence-corrected chi connectivity index (χ1v) is 8.10. The van der Waals surface area contributed by atoms with E-state index < -0.39 is 5.91 Å². The van der Waals surface area contributed by atoms with Crippen LogP contribution in [0.4, 0.5) is 0 Å². The molecule has 1 heterocycles. The summed E-state index contributed by atoms with van der Waals surface area (Å²) in [6.07, 6.45) is 6.71. The fourth-order valence-electron chi connectivity index (χ4n) is 2.47. The second kappa shape index (κ2) is 9.08. The van der Waals surface area contributed by atoms with Crippen molar-refractivity contribution < 1.29 is 19.1 Å². The van der Waals surface area contributed by atoms with Crippen molar-refractivity contribution >= 4 is 17.9 Å². The number of carbonyl (C=O) groups is 2.